The number of Topliss-reactive ketones (excluding diaryl/α,β-unsaturated/α-hetero) is 1. The molecule has 0 bridgehead atoms. The third-order valence-corrected chi connectivity index (χ3v) is 2.48. The van der Waals surface area contributed by atoms with Gasteiger partial charge in [-0.05, 0) is 40.0 Å². The van der Waals surface area contributed by atoms with Gasteiger partial charge in [-0.15, -0.1) is 11.6 Å². The lowest BCUT2D eigenvalue weighted by molar-refractivity contribution is -0.116. The molecule has 0 atom stereocenters. The summed E-state index contributed by atoms with van der Waals surface area (Å²) < 4.78 is 0. The first-order valence-corrected chi connectivity index (χ1v) is 5.96. The highest BCUT2D eigenvalue weighted by Gasteiger charge is 1.95. The zero-order valence-electron chi connectivity index (χ0n) is 9.98. The first kappa shape index (κ1) is 14.4. The molecule has 0 aromatic rings. The van der Waals surface area contributed by atoms with Gasteiger partial charge >= 0.3 is 0 Å². The van der Waals surface area contributed by atoms with Gasteiger partial charge in [0.1, 0.15) is 5.78 Å². The van der Waals surface area contributed by atoms with Crippen molar-refractivity contribution in [3.05, 3.63) is 23.3 Å². The van der Waals surface area contributed by atoms with Gasteiger partial charge in [0.15, 0.2) is 0 Å². The van der Waals surface area contributed by atoms with E-state index in [1.54, 1.807) is 6.92 Å². The minimum absolute atomic E-state index is 0.265. The number of rotatable bonds is 7. The standard InChI is InChI=1S/C13H21ClO/c1-11(7-8-13(3)15)5-4-6-12(2)9-10-14/h5,9H,4,6-8,10H2,1-3H3/b11-5+,12-9+. The molecule has 0 aromatic heterocycles. The summed E-state index contributed by atoms with van der Waals surface area (Å²) in [5, 5.41) is 0. The van der Waals surface area contributed by atoms with E-state index >= 15 is 0 Å². The number of allylic oxidation sites excluding steroid dienone is 4. The number of carbonyl (C=O) groups is 1. The Morgan fingerprint density at radius 3 is 2.13 bits per heavy atom. The average molecular weight is 229 g/mol. The maximum Gasteiger partial charge on any atom is 0.130 e. The smallest absolute Gasteiger partial charge is 0.130 e. The highest BCUT2D eigenvalue weighted by molar-refractivity contribution is 6.18. The van der Waals surface area contributed by atoms with Crippen LogP contribution >= 0.6 is 11.6 Å². The molecule has 0 N–H and O–H groups in total. The molecule has 0 radical (unpaired) electrons. The van der Waals surface area contributed by atoms with E-state index in [9.17, 15) is 4.79 Å². The number of halogens is 1. The van der Waals surface area contributed by atoms with Gasteiger partial charge in [0, 0.05) is 12.3 Å². The van der Waals surface area contributed by atoms with Crippen LogP contribution in [-0.4, -0.2) is 11.7 Å². The monoisotopic (exact) mass is 228 g/mol. The van der Waals surface area contributed by atoms with Crippen molar-refractivity contribution in [3.8, 4) is 0 Å². The van der Waals surface area contributed by atoms with Crippen LogP contribution in [0.15, 0.2) is 23.3 Å². The van der Waals surface area contributed by atoms with Crippen molar-refractivity contribution in [2.75, 3.05) is 5.88 Å². The third kappa shape index (κ3) is 9.74. The van der Waals surface area contributed by atoms with Crippen LogP contribution in [0.5, 0.6) is 0 Å². The van der Waals surface area contributed by atoms with Crippen molar-refractivity contribution in [1.29, 1.82) is 0 Å². The van der Waals surface area contributed by atoms with E-state index in [1.807, 2.05) is 6.08 Å². The molecule has 86 valence electrons. The van der Waals surface area contributed by atoms with Crippen molar-refractivity contribution < 1.29 is 4.79 Å². The number of carbonyl (C=O) groups excluding carboxylic acids is 1. The largest absolute Gasteiger partial charge is 0.300 e. The van der Waals surface area contributed by atoms with Gasteiger partial charge in [-0.25, -0.2) is 0 Å². The van der Waals surface area contributed by atoms with E-state index in [2.05, 4.69) is 19.9 Å². The molecule has 0 saturated carbocycles. The van der Waals surface area contributed by atoms with Crippen LogP contribution < -0.4 is 0 Å². The summed E-state index contributed by atoms with van der Waals surface area (Å²) in [5.41, 5.74) is 2.64. The van der Waals surface area contributed by atoms with E-state index in [-0.39, 0.29) is 5.78 Å². The SMILES string of the molecule is CC(=O)CC/C(C)=C/CC/C(C)=C/CCl. The normalized spacial score (nSPS) is 13.1. The molecule has 0 aliphatic carbocycles. The van der Waals surface area contributed by atoms with Gasteiger partial charge in [-0.2, -0.15) is 0 Å². The fraction of sp³-hybridized carbons (Fsp3) is 0.615. The van der Waals surface area contributed by atoms with Gasteiger partial charge in [0.2, 0.25) is 0 Å². The Labute approximate surface area is 98.2 Å². The molecule has 0 spiro atoms. The molecule has 0 fully saturated rings. The molecule has 1 nitrogen and oxygen atoms in total. The fourth-order valence-corrected chi connectivity index (χ4v) is 1.52. The number of hydrogen-bond donors (Lipinski definition) is 0. The fourth-order valence-electron chi connectivity index (χ4n) is 1.26. The summed E-state index contributed by atoms with van der Waals surface area (Å²) in [5.74, 6) is 0.861. The number of hydrogen-bond acceptors (Lipinski definition) is 1. The molecule has 0 heterocycles. The predicted molar refractivity (Wildman–Crippen MR) is 67.4 cm³/mol. The topological polar surface area (TPSA) is 17.1 Å². The van der Waals surface area contributed by atoms with Gasteiger partial charge in [0.05, 0.1) is 0 Å². The Balaban J connectivity index is 3.76. The Bertz CT molecular complexity index is 251. The Morgan fingerprint density at radius 2 is 1.60 bits per heavy atom. The Kier molecular flexibility index (Phi) is 8.40. The van der Waals surface area contributed by atoms with E-state index in [0.717, 1.165) is 19.3 Å². The molecule has 0 aliphatic rings. The van der Waals surface area contributed by atoms with Gasteiger partial charge in [-0.3, -0.25) is 0 Å². The second kappa shape index (κ2) is 8.72. The highest BCUT2D eigenvalue weighted by atomic mass is 35.5. The highest BCUT2D eigenvalue weighted by Crippen LogP contribution is 2.10. The number of alkyl halides is 1. The lowest BCUT2D eigenvalue weighted by atomic mass is 10.1. The zero-order chi connectivity index (χ0) is 11.7. The first-order chi connectivity index (χ1) is 7.06. The molecule has 0 amide bonds. The summed E-state index contributed by atoms with van der Waals surface area (Å²) in [4.78, 5) is 10.8. The molecular formula is C13H21ClO. The number of ketones is 1. The maximum atomic E-state index is 10.8. The second-order valence-electron chi connectivity index (χ2n) is 4.00. The van der Waals surface area contributed by atoms with Crippen LogP contribution in [0.3, 0.4) is 0 Å². The molecule has 0 saturated heterocycles. The Morgan fingerprint density at radius 1 is 1.00 bits per heavy atom. The molecule has 0 rings (SSSR count). The van der Waals surface area contributed by atoms with Gasteiger partial charge in [0.25, 0.3) is 0 Å². The van der Waals surface area contributed by atoms with Crippen LogP contribution in [0.25, 0.3) is 0 Å². The van der Waals surface area contributed by atoms with Crippen LogP contribution in [0.1, 0.15) is 46.5 Å². The lowest BCUT2D eigenvalue weighted by Gasteiger charge is -2.00. The molecular weight excluding hydrogens is 208 g/mol. The minimum atomic E-state index is 0.265. The summed E-state index contributed by atoms with van der Waals surface area (Å²) in [6.07, 6.45) is 7.92. The third-order valence-electron chi connectivity index (χ3n) is 2.33. The van der Waals surface area contributed by atoms with Gasteiger partial charge < -0.3 is 4.79 Å². The van der Waals surface area contributed by atoms with E-state index in [4.69, 9.17) is 11.6 Å². The zero-order valence-corrected chi connectivity index (χ0v) is 10.7. The van der Waals surface area contributed by atoms with Crippen LogP contribution in [0.2, 0.25) is 0 Å². The summed E-state index contributed by atoms with van der Waals surface area (Å²) in [6, 6.07) is 0. The molecule has 15 heavy (non-hydrogen) atoms. The van der Waals surface area contributed by atoms with Crippen molar-refractivity contribution in [2.45, 2.75) is 46.5 Å². The molecule has 2 heteroatoms. The predicted octanol–water partition coefficient (Wildman–Crippen LogP) is 4.27. The van der Waals surface area contributed by atoms with Crippen LogP contribution in [-0.2, 0) is 4.79 Å². The average Bonchev–Trinajstić information content (AvgIpc) is 2.15. The summed E-state index contributed by atoms with van der Waals surface area (Å²) in [6.45, 7) is 5.82. The van der Waals surface area contributed by atoms with E-state index in [0.29, 0.717) is 12.3 Å². The summed E-state index contributed by atoms with van der Waals surface area (Å²) >= 11 is 5.59. The molecule has 0 aliphatic heterocycles. The van der Waals surface area contributed by atoms with Crippen LogP contribution in [0.4, 0.5) is 0 Å². The molecule has 0 aromatic carbocycles. The van der Waals surface area contributed by atoms with Crippen LogP contribution in [0, 0.1) is 0 Å². The Hall–Kier alpha value is -0.560. The second-order valence-corrected chi connectivity index (χ2v) is 4.30. The van der Waals surface area contributed by atoms with Crippen molar-refractivity contribution in [1.82, 2.24) is 0 Å². The molecule has 0 unspecified atom stereocenters. The van der Waals surface area contributed by atoms with E-state index in [1.165, 1.54) is 11.1 Å². The maximum absolute atomic E-state index is 10.8. The van der Waals surface area contributed by atoms with Crippen molar-refractivity contribution in [3.63, 3.8) is 0 Å². The first-order valence-electron chi connectivity index (χ1n) is 5.43. The van der Waals surface area contributed by atoms with E-state index < -0.39 is 0 Å². The minimum Gasteiger partial charge on any atom is -0.300 e. The van der Waals surface area contributed by atoms with Crippen molar-refractivity contribution >= 4 is 17.4 Å². The van der Waals surface area contributed by atoms with Gasteiger partial charge in [-0.1, -0.05) is 23.3 Å². The summed E-state index contributed by atoms with van der Waals surface area (Å²) in [7, 11) is 0. The quantitative estimate of drug-likeness (QED) is 0.470. The van der Waals surface area contributed by atoms with Crippen molar-refractivity contribution in [2.24, 2.45) is 0 Å². The lowest BCUT2D eigenvalue weighted by Crippen LogP contribution is -1.90.